The fraction of sp³-hybridized carbons (Fsp3) is 0.400. The first-order chi connectivity index (χ1) is 6.12. The highest BCUT2D eigenvalue weighted by Crippen LogP contribution is 2.42. The largest absolute Gasteiger partial charge is 0.385 e. The molecule has 0 spiro atoms. The lowest BCUT2D eigenvalue weighted by Crippen LogP contribution is -2.34. The molecule has 0 bridgehead atoms. The van der Waals surface area contributed by atoms with E-state index in [0.717, 1.165) is 9.99 Å². The minimum atomic E-state index is -0.884. The Morgan fingerprint density at radius 1 is 1.38 bits per heavy atom. The fourth-order valence-corrected chi connectivity index (χ4v) is 2.13. The quantitative estimate of drug-likeness (QED) is 0.789. The molecule has 13 heavy (non-hydrogen) atoms. The van der Waals surface area contributed by atoms with Crippen LogP contribution in [-0.2, 0) is 5.60 Å². The molecule has 1 saturated carbocycles. The number of aliphatic hydroxyl groups is 1. The molecule has 0 aromatic heterocycles. The van der Waals surface area contributed by atoms with E-state index in [9.17, 15) is 9.50 Å². The van der Waals surface area contributed by atoms with Crippen LogP contribution in [0.5, 0.6) is 0 Å². The molecule has 0 aliphatic heterocycles. The summed E-state index contributed by atoms with van der Waals surface area (Å²) in [4.78, 5) is 0. The minimum Gasteiger partial charge on any atom is -0.385 e. The standard InChI is InChI=1S/C10H10FIO/c11-9-3-2-7(12)6-8(9)10(13)4-1-5-10/h2-3,6,13H,1,4-5H2. The first-order valence-corrected chi connectivity index (χ1v) is 5.38. The third-order valence-electron chi connectivity index (χ3n) is 2.61. The number of rotatable bonds is 1. The Kier molecular flexibility index (Phi) is 2.32. The Balaban J connectivity index is 2.43. The maximum Gasteiger partial charge on any atom is 0.129 e. The summed E-state index contributed by atoms with van der Waals surface area (Å²) in [6.07, 6.45) is 2.36. The summed E-state index contributed by atoms with van der Waals surface area (Å²) in [5, 5.41) is 9.94. The summed E-state index contributed by atoms with van der Waals surface area (Å²) in [7, 11) is 0. The molecule has 0 saturated heterocycles. The fourth-order valence-electron chi connectivity index (χ4n) is 1.64. The van der Waals surface area contributed by atoms with Crippen LogP contribution in [0.3, 0.4) is 0 Å². The first kappa shape index (κ1) is 9.40. The van der Waals surface area contributed by atoms with Crippen molar-refractivity contribution in [1.82, 2.24) is 0 Å². The normalized spacial score (nSPS) is 19.6. The van der Waals surface area contributed by atoms with Crippen LogP contribution >= 0.6 is 22.6 Å². The van der Waals surface area contributed by atoms with Gasteiger partial charge in [-0.15, -0.1) is 0 Å². The lowest BCUT2D eigenvalue weighted by molar-refractivity contribution is -0.0417. The van der Waals surface area contributed by atoms with Gasteiger partial charge < -0.3 is 5.11 Å². The van der Waals surface area contributed by atoms with E-state index in [1.165, 1.54) is 6.07 Å². The molecular weight excluding hydrogens is 282 g/mol. The molecule has 70 valence electrons. The van der Waals surface area contributed by atoms with E-state index in [4.69, 9.17) is 0 Å². The van der Waals surface area contributed by atoms with Gasteiger partial charge in [0.05, 0.1) is 5.60 Å². The van der Waals surface area contributed by atoms with Gasteiger partial charge in [-0.2, -0.15) is 0 Å². The molecule has 3 heteroatoms. The van der Waals surface area contributed by atoms with E-state index in [0.29, 0.717) is 18.4 Å². The average Bonchev–Trinajstić information content (AvgIpc) is 2.05. The van der Waals surface area contributed by atoms with E-state index in [1.807, 2.05) is 0 Å². The van der Waals surface area contributed by atoms with Crippen molar-refractivity contribution in [2.24, 2.45) is 0 Å². The summed E-state index contributed by atoms with van der Waals surface area (Å²) in [5.74, 6) is -0.289. The summed E-state index contributed by atoms with van der Waals surface area (Å²) in [5.41, 5.74) is -0.420. The number of hydrogen-bond acceptors (Lipinski definition) is 1. The average molecular weight is 292 g/mol. The number of benzene rings is 1. The maximum atomic E-state index is 13.3. The monoisotopic (exact) mass is 292 g/mol. The van der Waals surface area contributed by atoms with Crippen molar-refractivity contribution in [1.29, 1.82) is 0 Å². The van der Waals surface area contributed by atoms with Gasteiger partial charge in [-0.1, -0.05) is 0 Å². The van der Waals surface area contributed by atoms with Crippen molar-refractivity contribution in [3.63, 3.8) is 0 Å². The molecule has 0 heterocycles. The SMILES string of the molecule is OC1(c2cc(I)ccc2F)CCC1. The van der Waals surface area contributed by atoms with Crippen LogP contribution in [0.4, 0.5) is 4.39 Å². The molecule has 0 atom stereocenters. The highest BCUT2D eigenvalue weighted by atomic mass is 127. The molecule has 1 aliphatic carbocycles. The lowest BCUT2D eigenvalue weighted by atomic mass is 9.75. The van der Waals surface area contributed by atoms with Gasteiger partial charge in [-0.3, -0.25) is 0 Å². The second kappa shape index (κ2) is 3.20. The second-order valence-electron chi connectivity index (χ2n) is 3.51. The van der Waals surface area contributed by atoms with Crippen LogP contribution in [0.15, 0.2) is 18.2 Å². The zero-order chi connectivity index (χ0) is 9.47. The molecule has 1 aliphatic rings. The molecule has 1 nitrogen and oxygen atoms in total. The van der Waals surface area contributed by atoms with Crippen LogP contribution in [0.25, 0.3) is 0 Å². The topological polar surface area (TPSA) is 20.2 Å². The molecule has 0 radical (unpaired) electrons. The Morgan fingerprint density at radius 3 is 2.62 bits per heavy atom. The molecule has 1 N–H and O–H groups in total. The maximum absolute atomic E-state index is 13.3. The van der Waals surface area contributed by atoms with Crippen LogP contribution in [0.2, 0.25) is 0 Å². The smallest absolute Gasteiger partial charge is 0.129 e. The second-order valence-corrected chi connectivity index (χ2v) is 4.75. The molecule has 1 fully saturated rings. The highest BCUT2D eigenvalue weighted by Gasteiger charge is 2.38. The number of halogens is 2. The van der Waals surface area contributed by atoms with Gasteiger partial charge in [-0.05, 0) is 60.1 Å². The Bertz CT molecular complexity index is 334. The Morgan fingerprint density at radius 2 is 2.08 bits per heavy atom. The third-order valence-corrected chi connectivity index (χ3v) is 3.28. The van der Waals surface area contributed by atoms with Crippen molar-refractivity contribution in [2.45, 2.75) is 24.9 Å². The van der Waals surface area contributed by atoms with Crippen molar-refractivity contribution in [2.75, 3.05) is 0 Å². The zero-order valence-electron chi connectivity index (χ0n) is 7.06. The zero-order valence-corrected chi connectivity index (χ0v) is 9.21. The van der Waals surface area contributed by atoms with Gasteiger partial charge in [-0.25, -0.2) is 4.39 Å². The lowest BCUT2D eigenvalue weighted by Gasteiger charge is -2.37. The van der Waals surface area contributed by atoms with E-state index >= 15 is 0 Å². The van der Waals surface area contributed by atoms with E-state index < -0.39 is 5.60 Å². The molecule has 1 aromatic carbocycles. The van der Waals surface area contributed by atoms with E-state index in [1.54, 1.807) is 12.1 Å². The Labute approximate surface area is 90.1 Å². The molecular formula is C10H10FIO. The summed E-state index contributed by atoms with van der Waals surface area (Å²) in [6.45, 7) is 0. The van der Waals surface area contributed by atoms with Gasteiger partial charge >= 0.3 is 0 Å². The Hall–Kier alpha value is -0.160. The minimum absolute atomic E-state index is 0.289. The van der Waals surface area contributed by atoms with E-state index in [-0.39, 0.29) is 5.82 Å². The van der Waals surface area contributed by atoms with Crippen LogP contribution in [0, 0.1) is 9.39 Å². The number of hydrogen-bond donors (Lipinski definition) is 1. The van der Waals surface area contributed by atoms with Crippen LogP contribution < -0.4 is 0 Å². The molecule has 2 rings (SSSR count). The summed E-state index contributed by atoms with van der Waals surface area (Å²) >= 11 is 2.12. The van der Waals surface area contributed by atoms with Crippen molar-refractivity contribution in [3.8, 4) is 0 Å². The molecule has 0 unspecified atom stereocenters. The summed E-state index contributed by atoms with van der Waals surface area (Å²) in [6, 6.07) is 4.86. The van der Waals surface area contributed by atoms with Gasteiger partial charge in [0.1, 0.15) is 5.82 Å². The first-order valence-electron chi connectivity index (χ1n) is 4.30. The highest BCUT2D eigenvalue weighted by molar-refractivity contribution is 14.1. The molecule has 1 aromatic rings. The van der Waals surface area contributed by atoms with E-state index in [2.05, 4.69) is 22.6 Å². The van der Waals surface area contributed by atoms with Gasteiger partial charge in [0.2, 0.25) is 0 Å². The van der Waals surface area contributed by atoms with Crippen LogP contribution in [0.1, 0.15) is 24.8 Å². The predicted octanol–water partition coefficient (Wildman–Crippen LogP) is 2.80. The third kappa shape index (κ3) is 1.59. The van der Waals surface area contributed by atoms with Crippen molar-refractivity contribution < 1.29 is 9.50 Å². The van der Waals surface area contributed by atoms with Crippen molar-refractivity contribution in [3.05, 3.63) is 33.1 Å². The molecule has 0 amide bonds. The van der Waals surface area contributed by atoms with Gasteiger partial charge in [0.25, 0.3) is 0 Å². The van der Waals surface area contributed by atoms with Crippen LogP contribution in [-0.4, -0.2) is 5.11 Å². The summed E-state index contributed by atoms with van der Waals surface area (Å²) < 4.78 is 14.3. The van der Waals surface area contributed by atoms with Crippen molar-refractivity contribution >= 4 is 22.6 Å². The van der Waals surface area contributed by atoms with Gasteiger partial charge in [0, 0.05) is 9.13 Å². The predicted molar refractivity (Wildman–Crippen MR) is 56.9 cm³/mol. The van der Waals surface area contributed by atoms with Gasteiger partial charge in [0.15, 0.2) is 0 Å².